The Balaban J connectivity index is 1.75. The molecule has 0 aliphatic heterocycles. The van der Waals surface area contributed by atoms with Crippen molar-refractivity contribution in [3.05, 3.63) is 11.6 Å². The second-order valence-electron chi connectivity index (χ2n) is 9.59. The van der Waals surface area contributed by atoms with Crippen molar-refractivity contribution in [2.24, 2.45) is 28.6 Å². The lowest BCUT2D eigenvalue weighted by Gasteiger charge is -2.60. The SMILES string of the molecule is CC12CCC(=O)C=C1CCC1C2C(O)CC2(C)C1CC[C@]2(OC(=O)Cl)C(=O)O. The maximum absolute atomic E-state index is 12.2. The number of hydrogen-bond acceptors (Lipinski definition) is 5. The van der Waals surface area contributed by atoms with Gasteiger partial charge in [0.25, 0.3) is 0 Å². The van der Waals surface area contributed by atoms with Crippen LogP contribution >= 0.6 is 11.6 Å². The van der Waals surface area contributed by atoms with Crippen molar-refractivity contribution in [2.45, 2.75) is 70.5 Å². The van der Waals surface area contributed by atoms with E-state index in [1.54, 1.807) is 6.08 Å². The molecular formula is C21H27ClO6. The highest BCUT2D eigenvalue weighted by atomic mass is 35.5. The number of fused-ring (bicyclic) bond motifs is 5. The third-order valence-electron chi connectivity index (χ3n) is 8.62. The summed E-state index contributed by atoms with van der Waals surface area (Å²) in [6.07, 6.45) is 4.92. The number of ketones is 1. The first-order chi connectivity index (χ1) is 13.0. The molecule has 0 aromatic rings. The van der Waals surface area contributed by atoms with E-state index in [9.17, 15) is 24.6 Å². The van der Waals surface area contributed by atoms with Gasteiger partial charge in [0.15, 0.2) is 5.78 Å². The van der Waals surface area contributed by atoms with Crippen molar-refractivity contribution in [2.75, 3.05) is 0 Å². The number of allylic oxidation sites excluding steroid dienone is 1. The zero-order valence-corrected chi connectivity index (χ0v) is 17.0. The fraction of sp³-hybridized carbons (Fsp3) is 0.762. The summed E-state index contributed by atoms with van der Waals surface area (Å²) in [5.41, 5.74) is -2.82. The van der Waals surface area contributed by atoms with Gasteiger partial charge in [-0.15, -0.1) is 0 Å². The Hall–Kier alpha value is -1.40. The number of carboxylic acid groups (broad SMARTS) is 1. The number of carbonyl (C=O) groups excluding carboxylic acids is 2. The van der Waals surface area contributed by atoms with Crippen LogP contribution in [-0.4, -0.2) is 39.1 Å². The second-order valence-corrected chi connectivity index (χ2v) is 9.90. The molecule has 3 fully saturated rings. The lowest BCUT2D eigenvalue weighted by atomic mass is 9.45. The minimum absolute atomic E-state index is 0.0176. The summed E-state index contributed by atoms with van der Waals surface area (Å²) in [6, 6.07) is 0. The van der Waals surface area contributed by atoms with Gasteiger partial charge in [-0.25, -0.2) is 9.59 Å². The minimum Gasteiger partial charge on any atom is -0.478 e. The minimum atomic E-state index is -1.71. The second kappa shape index (κ2) is 6.30. The van der Waals surface area contributed by atoms with Crippen molar-refractivity contribution >= 4 is 28.8 Å². The van der Waals surface area contributed by atoms with Gasteiger partial charge in [0.1, 0.15) is 0 Å². The number of halogens is 1. The fourth-order valence-electron chi connectivity index (χ4n) is 7.37. The van der Waals surface area contributed by atoms with Gasteiger partial charge in [-0.1, -0.05) is 19.4 Å². The lowest BCUT2D eigenvalue weighted by Crippen LogP contribution is -2.62. The molecule has 0 heterocycles. The summed E-state index contributed by atoms with van der Waals surface area (Å²) in [5.74, 6) is -0.915. The quantitative estimate of drug-likeness (QED) is 0.673. The van der Waals surface area contributed by atoms with E-state index >= 15 is 0 Å². The van der Waals surface area contributed by atoms with Gasteiger partial charge in [0.05, 0.1) is 6.10 Å². The average Bonchev–Trinajstić information content (AvgIpc) is 2.88. The maximum atomic E-state index is 12.2. The Morgan fingerprint density at radius 3 is 2.57 bits per heavy atom. The van der Waals surface area contributed by atoms with Crippen LogP contribution in [0.4, 0.5) is 4.79 Å². The number of hydrogen-bond donors (Lipinski definition) is 2. The molecule has 0 saturated heterocycles. The van der Waals surface area contributed by atoms with Gasteiger partial charge in [-0.2, -0.15) is 0 Å². The van der Waals surface area contributed by atoms with Gasteiger partial charge in [-0.05, 0) is 67.8 Å². The van der Waals surface area contributed by atoms with Crippen molar-refractivity contribution < 1.29 is 29.3 Å². The molecule has 7 atom stereocenters. The normalized spacial score (nSPS) is 47.4. The van der Waals surface area contributed by atoms with Gasteiger partial charge in [0.2, 0.25) is 5.60 Å². The van der Waals surface area contributed by atoms with Gasteiger partial charge < -0.3 is 14.9 Å². The summed E-state index contributed by atoms with van der Waals surface area (Å²) in [5, 5.41) is 21.3. The van der Waals surface area contributed by atoms with Gasteiger partial charge in [-0.3, -0.25) is 4.79 Å². The fourth-order valence-corrected chi connectivity index (χ4v) is 7.51. The first-order valence-electron chi connectivity index (χ1n) is 10.1. The van der Waals surface area contributed by atoms with Crippen molar-refractivity contribution in [1.82, 2.24) is 0 Å². The molecule has 6 nitrogen and oxygen atoms in total. The highest BCUT2D eigenvalue weighted by Gasteiger charge is 2.71. The van der Waals surface area contributed by atoms with Crippen LogP contribution in [0.15, 0.2) is 11.6 Å². The molecule has 3 saturated carbocycles. The predicted octanol–water partition coefficient (Wildman–Crippen LogP) is 3.69. The molecule has 0 spiro atoms. The lowest BCUT2D eigenvalue weighted by molar-refractivity contribution is -0.192. The monoisotopic (exact) mass is 410 g/mol. The molecule has 7 heteroatoms. The van der Waals surface area contributed by atoms with Gasteiger partial charge in [0, 0.05) is 23.4 Å². The van der Waals surface area contributed by atoms with Crippen molar-refractivity contribution in [3.8, 4) is 0 Å². The van der Waals surface area contributed by atoms with Crippen LogP contribution in [0.5, 0.6) is 0 Å². The van der Waals surface area contributed by atoms with Crippen LogP contribution in [0.2, 0.25) is 0 Å². The third-order valence-corrected chi connectivity index (χ3v) is 8.69. The Kier molecular flexibility index (Phi) is 4.47. The molecule has 0 aromatic carbocycles. The average molecular weight is 411 g/mol. The number of carbonyl (C=O) groups is 3. The van der Waals surface area contributed by atoms with Crippen LogP contribution in [0.1, 0.15) is 58.8 Å². The molecule has 154 valence electrons. The zero-order valence-electron chi connectivity index (χ0n) is 16.2. The number of aliphatic hydroxyl groups is 1. The van der Waals surface area contributed by atoms with E-state index in [-0.39, 0.29) is 41.8 Å². The van der Waals surface area contributed by atoms with E-state index < -0.39 is 28.5 Å². The van der Waals surface area contributed by atoms with Gasteiger partial charge >= 0.3 is 11.4 Å². The van der Waals surface area contributed by atoms with Crippen LogP contribution in [0.3, 0.4) is 0 Å². The summed E-state index contributed by atoms with van der Waals surface area (Å²) < 4.78 is 5.27. The first-order valence-corrected chi connectivity index (χ1v) is 10.5. The molecule has 4 rings (SSSR count). The number of rotatable bonds is 2. The third kappa shape index (κ3) is 2.46. The molecule has 4 aliphatic carbocycles. The van der Waals surface area contributed by atoms with E-state index in [0.717, 1.165) is 24.8 Å². The molecule has 0 amide bonds. The Morgan fingerprint density at radius 2 is 1.93 bits per heavy atom. The highest BCUT2D eigenvalue weighted by Crippen LogP contribution is 2.68. The van der Waals surface area contributed by atoms with E-state index in [1.807, 2.05) is 6.92 Å². The summed E-state index contributed by atoms with van der Waals surface area (Å²) in [7, 11) is 0. The Labute approximate surface area is 169 Å². The van der Waals surface area contributed by atoms with Crippen LogP contribution < -0.4 is 0 Å². The first kappa shape index (κ1) is 19.9. The van der Waals surface area contributed by atoms with E-state index in [0.29, 0.717) is 12.8 Å². The molecule has 28 heavy (non-hydrogen) atoms. The smallest absolute Gasteiger partial charge is 0.404 e. The molecular weight excluding hydrogens is 384 g/mol. The molecule has 4 aliphatic rings. The van der Waals surface area contributed by atoms with Crippen molar-refractivity contribution in [3.63, 3.8) is 0 Å². The van der Waals surface area contributed by atoms with Crippen LogP contribution in [-0.2, 0) is 14.3 Å². The largest absolute Gasteiger partial charge is 0.478 e. The predicted molar refractivity (Wildman–Crippen MR) is 101 cm³/mol. The number of aliphatic hydroxyl groups excluding tert-OH is 1. The molecule has 0 bridgehead atoms. The van der Waals surface area contributed by atoms with E-state index in [1.165, 1.54) is 0 Å². The maximum Gasteiger partial charge on any atom is 0.404 e. The summed E-state index contributed by atoms with van der Waals surface area (Å²) in [4.78, 5) is 35.7. The molecule has 2 N–H and O–H groups in total. The number of ether oxygens (including phenoxy) is 1. The zero-order chi connectivity index (χ0) is 20.5. The van der Waals surface area contributed by atoms with E-state index in [4.69, 9.17) is 16.3 Å². The van der Waals surface area contributed by atoms with E-state index in [2.05, 4.69) is 6.92 Å². The van der Waals surface area contributed by atoms with Crippen LogP contribution in [0, 0.1) is 28.6 Å². The Morgan fingerprint density at radius 1 is 1.21 bits per heavy atom. The highest BCUT2D eigenvalue weighted by molar-refractivity contribution is 6.61. The topological polar surface area (TPSA) is 101 Å². The van der Waals surface area contributed by atoms with Crippen molar-refractivity contribution in [1.29, 1.82) is 0 Å². The summed E-state index contributed by atoms with van der Waals surface area (Å²) >= 11 is 5.46. The molecule has 0 radical (unpaired) electrons. The Bertz CT molecular complexity index is 777. The summed E-state index contributed by atoms with van der Waals surface area (Å²) in [6.45, 7) is 3.97. The number of aliphatic carboxylic acids is 1. The van der Waals surface area contributed by atoms with Crippen LogP contribution in [0.25, 0.3) is 0 Å². The molecule has 0 aromatic heterocycles. The standard InChI is InChI=1S/C21H27ClO6/c1-19-7-5-12(23)9-11(19)3-4-13-14-6-8-21(17(25)26,28-18(22)27)20(14,2)10-15(24)16(13)19/h9,13-16,24H,3-8,10H2,1-2H3,(H,25,26)/t13?,14?,15?,16?,19?,20?,21-/m0/s1. The number of carboxylic acids is 1. The molecule has 6 unspecified atom stereocenters.